The second-order valence-electron chi connectivity index (χ2n) is 5.31. The molecule has 1 unspecified atom stereocenters. The Morgan fingerprint density at radius 2 is 1.88 bits per heavy atom. The predicted molar refractivity (Wildman–Crippen MR) is 65.8 cm³/mol. The van der Waals surface area contributed by atoms with Crippen LogP contribution in [0.2, 0.25) is 0 Å². The van der Waals surface area contributed by atoms with E-state index >= 15 is 0 Å². The average molecular weight is 225 g/mol. The minimum atomic E-state index is -0.226. The molecule has 1 fully saturated rings. The van der Waals surface area contributed by atoms with E-state index in [2.05, 4.69) is 20.8 Å². The molecule has 0 aromatic rings. The van der Waals surface area contributed by atoms with Gasteiger partial charge in [-0.2, -0.15) is 0 Å². The van der Waals surface area contributed by atoms with Gasteiger partial charge in [0.25, 0.3) is 0 Å². The first-order chi connectivity index (χ1) is 7.68. The van der Waals surface area contributed by atoms with E-state index in [-0.39, 0.29) is 5.60 Å². The fraction of sp³-hybridized carbons (Fsp3) is 0.929. The Balaban J connectivity index is 2.69. The van der Waals surface area contributed by atoms with Crippen LogP contribution in [-0.4, -0.2) is 12.1 Å². The van der Waals surface area contributed by atoms with Gasteiger partial charge >= 0.3 is 6.47 Å². The lowest BCUT2D eigenvalue weighted by Gasteiger charge is -2.41. The molecule has 1 rings (SSSR count). The molecule has 16 heavy (non-hydrogen) atoms. The molecular formula is C14H25O2. The number of hydrogen-bond acceptors (Lipinski definition) is 2. The maximum atomic E-state index is 10.6. The second-order valence-corrected chi connectivity index (χ2v) is 5.31. The third-order valence-electron chi connectivity index (χ3n) is 4.28. The molecule has 2 heteroatoms. The van der Waals surface area contributed by atoms with Crippen molar-refractivity contribution in [2.75, 3.05) is 0 Å². The van der Waals surface area contributed by atoms with E-state index in [0.717, 1.165) is 25.2 Å². The molecule has 0 spiro atoms. The van der Waals surface area contributed by atoms with Crippen LogP contribution in [0, 0.1) is 11.8 Å². The van der Waals surface area contributed by atoms with Crippen molar-refractivity contribution < 1.29 is 9.53 Å². The zero-order chi connectivity index (χ0) is 12.0. The summed E-state index contributed by atoms with van der Waals surface area (Å²) in [4.78, 5) is 10.6. The van der Waals surface area contributed by atoms with E-state index in [1.165, 1.54) is 25.7 Å². The summed E-state index contributed by atoms with van der Waals surface area (Å²) >= 11 is 0. The molecule has 2 nitrogen and oxygen atoms in total. The number of carbonyl (C=O) groups excluding carboxylic acids is 1. The van der Waals surface area contributed by atoms with Crippen LogP contribution < -0.4 is 0 Å². The van der Waals surface area contributed by atoms with Crippen molar-refractivity contribution in [2.45, 2.75) is 71.3 Å². The highest BCUT2D eigenvalue weighted by Crippen LogP contribution is 2.41. The molecule has 93 valence electrons. The van der Waals surface area contributed by atoms with Gasteiger partial charge in [0, 0.05) is 0 Å². The molecule has 0 aromatic carbocycles. The predicted octanol–water partition coefficient (Wildman–Crippen LogP) is 3.85. The van der Waals surface area contributed by atoms with E-state index in [0.29, 0.717) is 5.92 Å². The first-order valence-corrected chi connectivity index (χ1v) is 6.73. The van der Waals surface area contributed by atoms with Gasteiger partial charge in [-0.1, -0.05) is 40.0 Å². The molecule has 1 radical (unpaired) electrons. The normalized spacial score (nSPS) is 29.4. The third-order valence-corrected chi connectivity index (χ3v) is 4.28. The van der Waals surface area contributed by atoms with Gasteiger partial charge in [-0.05, 0) is 37.5 Å². The molecule has 0 aliphatic heterocycles. The van der Waals surface area contributed by atoms with Crippen molar-refractivity contribution >= 4 is 6.47 Å². The van der Waals surface area contributed by atoms with Crippen molar-refractivity contribution in [3.8, 4) is 0 Å². The van der Waals surface area contributed by atoms with Gasteiger partial charge in [-0.25, -0.2) is 4.79 Å². The molecule has 1 saturated carbocycles. The highest BCUT2D eigenvalue weighted by molar-refractivity contribution is 5.39. The van der Waals surface area contributed by atoms with Gasteiger partial charge in [0.05, 0.1) is 0 Å². The van der Waals surface area contributed by atoms with Crippen LogP contribution >= 0.6 is 0 Å². The van der Waals surface area contributed by atoms with E-state index in [1.807, 2.05) is 0 Å². The fourth-order valence-electron chi connectivity index (χ4n) is 3.17. The van der Waals surface area contributed by atoms with Gasteiger partial charge in [0.2, 0.25) is 0 Å². The molecule has 0 aromatic heterocycles. The van der Waals surface area contributed by atoms with Crippen molar-refractivity contribution in [1.82, 2.24) is 0 Å². The molecule has 0 N–H and O–H groups in total. The second kappa shape index (κ2) is 6.27. The smallest absolute Gasteiger partial charge is 0.418 e. The Morgan fingerprint density at radius 1 is 1.25 bits per heavy atom. The van der Waals surface area contributed by atoms with Crippen LogP contribution in [0.5, 0.6) is 0 Å². The van der Waals surface area contributed by atoms with Crippen LogP contribution in [0.4, 0.5) is 0 Å². The highest BCUT2D eigenvalue weighted by Gasteiger charge is 2.39. The van der Waals surface area contributed by atoms with Crippen LogP contribution in [0.25, 0.3) is 0 Å². The summed E-state index contributed by atoms with van der Waals surface area (Å²) in [7, 11) is 0. The largest absolute Gasteiger partial charge is 0.450 e. The zero-order valence-electron chi connectivity index (χ0n) is 10.9. The summed E-state index contributed by atoms with van der Waals surface area (Å²) in [5.41, 5.74) is -0.226. The summed E-state index contributed by atoms with van der Waals surface area (Å²) in [5, 5.41) is 0. The number of hydrogen-bond donors (Lipinski definition) is 0. The van der Waals surface area contributed by atoms with E-state index in [1.54, 1.807) is 6.47 Å². The third kappa shape index (κ3) is 2.99. The Labute approximate surface area is 99.8 Å². The van der Waals surface area contributed by atoms with Crippen LogP contribution in [0.1, 0.15) is 65.7 Å². The van der Waals surface area contributed by atoms with Crippen molar-refractivity contribution in [2.24, 2.45) is 11.8 Å². The van der Waals surface area contributed by atoms with Gasteiger partial charge in [0.15, 0.2) is 0 Å². The minimum absolute atomic E-state index is 0.226. The topological polar surface area (TPSA) is 26.3 Å². The Bertz CT molecular complexity index is 207. The van der Waals surface area contributed by atoms with Crippen molar-refractivity contribution in [3.05, 3.63) is 0 Å². The molecule has 0 amide bonds. The zero-order valence-corrected chi connectivity index (χ0v) is 10.9. The van der Waals surface area contributed by atoms with Gasteiger partial charge in [-0.15, -0.1) is 0 Å². The van der Waals surface area contributed by atoms with E-state index < -0.39 is 0 Å². The highest BCUT2D eigenvalue weighted by atomic mass is 16.5. The quantitative estimate of drug-likeness (QED) is 0.686. The maximum absolute atomic E-state index is 10.6. The van der Waals surface area contributed by atoms with E-state index in [4.69, 9.17) is 4.74 Å². The van der Waals surface area contributed by atoms with Gasteiger partial charge in [-0.3, -0.25) is 0 Å². The molecule has 1 aliphatic rings. The van der Waals surface area contributed by atoms with Crippen LogP contribution in [-0.2, 0) is 9.53 Å². The Kier molecular flexibility index (Phi) is 5.30. The summed E-state index contributed by atoms with van der Waals surface area (Å²) in [6.07, 6.45) is 7.94. The van der Waals surface area contributed by atoms with Crippen molar-refractivity contribution in [1.29, 1.82) is 0 Å². The fourth-order valence-corrected chi connectivity index (χ4v) is 3.17. The summed E-state index contributed by atoms with van der Waals surface area (Å²) < 4.78 is 5.39. The lowest BCUT2D eigenvalue weighted by molar-refractivity contribution is -0.0368. The lowest BCUT2D eigenvalue weighted by Crippen LogP contribution is -2.41. The molecule has 0 heterocycles. The number of rotatable bonds is 6. The minimum Gasteiger partial charge on any atom is -0.450 e. The summed E-state index contributed by atoms with van der Waals surface area (Å²) in [6.45, 7) is 8.31. The molecule has 1 atom stereocenters. The summed E-state index contributed by atoms with van der Waals surface area (Å²) in [5.74, 6) is 1.39. The Hall–Kier alpha value is -0.530. The molecule has 1 aliphatic carbocycles. The van der Waals surface area contributed by atoms with Crippen LogP contribution in [0.15, 0.2) is 0 Å². The van der Waals surface area contributed by atoms with Crippen LogP contribution in [0.3, 0.4) is 0 Å². The first kappa shape index (κ1) is 13.5. The monoisotopic (exact) mass is 225 g/mol. The first-order valence-electron chi connectivity index (χ1n) is 6.73. The number of ether oxygens (including phenoxy) is 1. The summed E-state index contributed by atoms with van der Waals surface area (Å²) in [6, 6.07) is 0. The van der Waals surface area contributed by atoms with Crippen molar-refractivity contribution in [3.63, 3.8) is 0 Å². The maximum Gasteiger partial charge on any atom is 0.418 e. The molecule has 0 saturated heterocycles. The SMILES string of the molecule is CCCC(CC)(O[C]=O)C1CCC(C)CC1. The average Bonchev–Trinajstić information content (AvgIpc) is 2.29. The molecule has 0 bridgehead atoms. The van der Waals surface area contributed by atoms with E-state index in [9.17, 15) is 4.79 Å². The molecular weight excluding hydrogens is 200 g/mol. The standard InChI is InChI=1S/C14H25O2/c1-4-10-14(5-2,16-11-15)13-8-6-12(3)7-9-13/h12-13H,4-10H2,1-3H3. The van der Waals surface area contributed by atoms with Gasteiger partial charge in [0.1, 0.15) is 5.60 Å². The Morgan fingerprint density at radius 3 is 2.31 bits per heavy atom. The van der Waals surface area contributed by atoms with Gasteiger partial charge < -0.3 is 4.74 Å². The lowest BCUT2D eigenvalue weighted by atomic mass is 9.71.